The zero-order chi connectivity index (χ0) is 14.9. The molecule has 2 aliphatic heterocycles. The van der Waals surface area contributed by atoms with E-state index in [0.29, 0.717) is 31.7 Å². The van der Waals surface area contributed by atoms with Gasteiger partial charge >= 0.3 is 0 Å². The van der Waals surface area contributed by atoms with E-state index in [9.17, 15) is 9.59 Å². The van der Waals surface area contributed by atoms with Gasteiger partial charge < -0.3 is 20.7 Å². The fourth-order valence-electron chi connectivity index (χ4n) is 2.72. The van der Waals surface area contributed by atoms with E-state index in [0.717, 1.165) is 12.1 Å². The second-order valence-corrected chi connectivity index (χ2v) is 5.58. The van der Waals surface area contributed by atoms with Gasteiger partial charge in [-0.25, -0.2) is 0 Å². The Bertz CT molecular complexity index is 567. The third-order valence-electron chi connectivity index (χ3n) is 4.02. The molecule has 112 valence electrons. The van der Waals surface area contributed by atoms with Gasteiger partial charge in [0.2, 0.25) is 11.8 Å². The number of nitrogens with two attached hydrogens (primary N) is 1. The van der Waals surface area contributed by atoms with Crippen molar-refractivity contribution in [3.63, 3.8) is 0 Å². The van der Waals surface area contributed by atoms with E-state index in [1.54, 1.807) is 11.0 Å². The van der Waals surface area contributed by atoms with Gasteiger partial charge in [-0.1, -0.05) is 12.1 Å². The molecule has 3 rings (SSSR count). The minimum absolute atomic E-state index is 0.0864. The molecule has 2 fully saturated rings. The topological polar surface area (TPSA) is 84.7 Å². The molecule has 21 heavy (non-hydrogen) atoms. The van der Waals surface area contributed by atoms with E-state index in [4.69, 9.17) is 10.5 Å². The van der Waals surface area contributed by atoms with Gasteiger partial charge in [0, 0.05) is 19.6 Å². The fraction of sp³-hybridized carbons (Fsp3) is 0.467. The third-order valence-corrected chi connectivity index (χ3v) is 4.02. The third kappa shape index (κ3) is 2.64. The minimum Gasteiger partial charge on any atom is -0.379 e. The summed E-state index contributed by atoms with van der Waals surface area (Å²) in [5, 5.41) is 2.85. The quantitative estimate of drug-likeness (QED) is 0.864. The molecular weight excluding hydrogens is 270 g/mol. The lowest BCUT2D eigenvalue weighted by molar-refractivity contribution is -0.121. The average Bonchev–Trinajstić information content (AvgIpc) is 3.09. The molecule has 3 N–H and O–H groups in total. The maximum absolute atomic E-state index is 12.4. The first-order valence-corrected chi connectivity index (χ1v) is 7.18. The van der Waals surface area contributed by atoms with Crippen molar-refractivity contribution >= 4 is 23.2 Å². The Morgan fingerprint density at radius 1 is 1.38 bits per heavy atom. The van der Waals surface area contributed by atoms with Crippen LogP contribution in [0.5, 0.6) is 0 Å². The van der Waals surface area contributed by atoms with Gasteiger partial charge in [-0.3, -0.25) is 9.59 Å². The first-order chi connectivity index (χ1) is 10.1. The molecule has 2 aliphatic rings. The zero-order valence-electron chi connectivity index (χ0n) is 11.8. The second-order valence-electron chi connectivity index (χ2n) is 5.58. The summed E-state index contributed by atoms with van der Waals surface area (Å²) in [6.07, 6.45) is 1.90. The SMILES string of the molecule is NC1(C(=O)Nc2ccccc2N2CCCC2=O)CCOC1. The number of anilines is 2. The first kappa shape index (κ1) is 14.0. The normalized spacial score (nSPS) is 25.4. The number of rotatable bonds is 3. The molecule has 0 aliphatic carbocycles. The average molecular weight is 289 g/mol. The van der Waals surface area contributed by atoms with Gasteiger partial charge in [0.15, 0.2) is 0 Å². The number of nitrogens with zero attached hydrogens (tertiary/aromatic N) is 1. The molecule has 0 spiro atoms. The van der Waals surface area contributed by atoms with Crippen LogP contribution < -0.4 is 16.0 Å². The van der Waals surface area contributed by atoms with E-state index >= 15 is 0 Å². The Morgan fingerprint density at radius 2 is 2.19 bits per heavy atom. The van der Waals surface area contributed by atoms with Crippen molar-refractivity contribution in [2.75, 3.05) is 30.0 Å². The van der Waals surface area contributed by atoms with Crippen LogP contribution in [0, 0.1) is 0 Å². The number of carbonyl (C=O) groups is 2. The lowest BCUT2D eigenvalue weighted by atomic mass is 9.99. The van der Waals surface area contributed by atoms with Crippen molar-refractivity contribution in [2.24, 2.45) is 5.73 Å². The highest BCUT2D eigenvalue weighted by atomic mass is 16.5. The molecule has 1 unspecified atom stereocenters. The second kappa shape index (κ2) is 5.46. The maximum atomic E-state index is 12.4. The maximum Gasteiger partial charge on any atom is 0.247 e. The number of ether oxygens (including phenoxy) is 1. The number of para-hydroxylation sites is 2. The highest BCUT2D eigenvalue weighted by molar-refractivity contribution is 6.04. The van der Waals surface area contributed by atoms with Crippen molar-refractivity contribution in [3.8, 4) is 0 Å². The Balaban J connectivity index is 1.82. The summed E-state index contributed by atoms with van der Waals surface area (Å²) in [5.41, 5.74) is 6.43. The van der Waals surface area contributed by atoms with Gasteiger partial charge in [0.25, 0.3) is 0 Å². The van der Waals surface area contributed by atoms with Gasteiger partial charge in [-0.15, -0.1) is 0 Å². The standard InChI is InChI=1S/C15H19N3O3/c16-15(7-9-21-10-15)14(20)17-11-4-1-2-5-12(11)18-8-3-6-13(18)19/h1-2,4-5H,3,6-10,16H2,(H,17,20). The first-order valence-electron chi connectivity index (χ1n) is 7.18. The molecule has 1 aromatic rings. The number of carbonyl (C=O) groups excluding carboxylic acids is 2. The predicted octanol–water partition coefficient (Wildman–Crippen LogP) is 0.870. The van der Waals surface area contributed by atoms with Gasteiger partial charge in [0.05, 0.1) is 18.0 Å². The van der Waals surface area contributed by atoms with Crippen LogP contribution in [-0.2, 0) is 14.3 Å². The highest BCUT2D eigenvalue weighted by Crippen LogP contribution is 2.30. The molecule has 0 radical (unpaired) electrons. The van der Waals surface area contributed by atoms with Gasteiger partial charge in [-0.05, 0) is 25.0 Å². The highest BCUT2D eigenvalue weighted by Gasteiger charge is 2.38. The van der Waals surface area contributed by atoms with Gasteiger partial charge in [-0.2, -0.15) is 0 Å². The van der Waals surface area contributed by atoms with Crippen molar-refractivity contribution in [1.29, 1.82) is 0 Å². The van der Waals surface area contributed by atoms with Crippen molar-refractivity contribution in [3.05, 3.63) is 24.3 Å². The van der Waals surface area contributed by atoms with E-state index < -0.39 is 5.54 Å². The predicted molar refractivity (Wildman–Crippen MR) is 79.0 cm³/mol. The molecule has 0 bridgehead atoms. The number of amides is 2. The largest absolute Gasteiger partial charge is 0.379 e. The van der Waals surface area contributed by atoms with E-state index in [1.807, 2.05) is 18.2 Å². The van der Waals surface area contributed by atoms with Crippen LogP contribution in [0.15, 0.2) is 24.3 Å². The van der Waals surface area contributed by atoms with Crippen molar-refractivity contribution in [1.82, 2.24) is 0 Å². The molecule has 0 saturated carbocycles. The fourth-order valence-corrected chi connectivity index (χ4v) is 2.72. The number of nitrogens with one attached hydrogen (secondary N) is 1. The van der Waals surface area contributed by atoms with E-state index in [-0.39, 0.29) is 18.4 Å². The molecule has 6 nitrogen and oxygen atoms in total. The Labute approximate surface area is 123 Å². The van der Waals surface area contributed by atoms with E-state index in [1.165, 1.54) is 0 Å². The van der Waals surface area contributed by atoms with Crippen LogP contribution >= 0.6 is 0 Å². The molecule has 2 saturated heterocycles. The molecule has 2 amide bonds. The van der Waals surface area contributed by atoms with Crippen LogP contribution in [-0.4, -0.2) is 37.1 Å². The Morgan fingerprint density at radius 3 is 2.86 bits per heavy atom. The number of hydrogen-bond acceptors (Lipinski definition) is 4. The zero-order valence-corrected chi connectivity index (χ0v) is 11.8. The molecule has 0 aromatic heterocycles. The summed E-state index contributed by atoms with van der Waals surface area (Å²) in [7, 11) is 0. The number of hydrogen-bond donors (Lipinski definition) is 2. The van der Waals surface area contributed by atoms with Gasteiger partial charge in [0.1, 0.15) is 5.54 Å². The Hall–Kier alpha value is -1.92. The van der Waals surface area contributed by atoms with Crippen LogP contribution in [0.25, 0.3) is 0 Å². The smallest absolute Gasteiger partial charge is 0.247 e. The molecular formula is C15H19N3O3. The molecule has 1 atom stereocenters. The summed E-state index contributed by atoms with van der Waals surface area (Å²) in [6, 6.07) is 7.31. The van der Waals surface area contributed by atoms with Crippen molar-refractivity contribution < 1.29 is 14.3 Å². The molecule has 6 heteroatoms. The summed E-state index contributed by atoms with van der Waals surface area (Å²) >= 11 is 0. The molecule has 2 heterocycles. The van der Waals surface area contributed by atoms with Crippen LogP contribution in [0.2, 0.25) is 0 Å². The summed E-state index contributed by atoms with van der Waals surface area (Å²) < 4.78 is 5.22. The summed E-state index contributed by atoms with van der Waals surface area (Å²) in [6.45, 7) is 1.41. The minimum atomic E-state index is -0.984. The van der Waals surface area contributed by atoms with Crippen LogP contribution in [0.1, 0.15) is 19.3 Å². The number of benzene rings is 1. The lowest BCUT2D eigenvalue weighted by Crippen LogP contribution is -2.51. The summed E-state index contributed by atoms with van der Waals surface area (Å²) in [4.78, 5) is 26.0. The summed E-state index contributed by atoms with van der Waals surface area (Å²) in [5.74, 6) is -0.178. The Kier molecular flexibility index (Phi) is 3.65. The lowest BCUT2D eigenvalue weighted by Gasteiger charge is -2.24. The van der Waals surface area contributed by atoms with E-state index in [2.05, 4.69) is 5.32 Å². The van der Waals surface area contributed by atoms with Crippen molar-refractivity contribution in [2.45, 2.75) is 24.8 Å². The van der Waals surface area contributed by atoms with Crippen LogP contribution in [0.3, 0.4) is 0 Å². The molecule has 1 aromatic carbocycles. The van der Waals surface area contributed by atoms with Crippen LogP contribution in [0.4, 0.5) is 11.4 Å². The monoisotopic (exact) mass is 289 g/mol.